The van der Waals surface area contributed by atoms with Crippen molar-refractivity contribution >= 4 is 17.5 Å². The smallest absolute Gasteiger partial charge is 0.255 e. The zero-order valence-corrected chi connectivity index (χ0v) is 16.2. The Morgan fingerprint density at radius 3 is 2.17 bits per heavy atom. The van der Waals surface area contributed by atoms with Crippen molar-refractivity contribution in [3.05, 3.63) is 90.0 Å². The first-order valence-electron chi connectivity index (χ1n) is 9.22. The van der Waals surface area contributed by atoms with E-state index in [-0.39, 0.29) is 17.9 Å². The molecule has 0 aliphatic carbocycles. The van der Waals surface area contributed by atoms with E-state index in [1.54, 1.807) is 61.0 Å². The molecule has 0 aliphatic heterocycles. The fourth-order valence-electron chi connectivity index (χ4n) is 2.83. The van der Waals surface area contributed by atoms with Gasteiger partial charge in [0.15, 0.2) is 0 Å². The number of hydrogen-bond donors (Lipinski definition) is 2. The van der Waals surface area contributed by atoms with E-state index >= 15 is 0 Å². The quantitative estimate of drug-likeness (QED) is 0.646. The van der Waals surface area contributed by atoms with Crippen LogP contribution in [0.5, 0.6) is 0 Å². The molecule has 0 saturated carbocycles. The number of likely N-dealkylation sites (N-methyl/N-ethyl adjacent to an activating group) is 1. The molecule has 1 aromatic carbocycles. The molecule has 2 heterocycles. The topological polar surface area (TPSA) is 101 Å². The van der Waals surface area contributed by atoms with Gasteiger partial charge in [0.1, 0.15) is 0 Å². The van der Waals surface area contributed by atoms with Gasteiger partial charge in [0.2, 0.25) is 5.91 Å². The normalized spacial score (nSPS) is 11.5. The Balaban J connectivity index is 1.56. The number of nitrogens with two attached hydrogens (primary N) is 1. The van der Waals surface area contributed by atoms with Gasteiger partial charge < -0.3 is 16.0 Å². The Bertz CT molecular complexity index is 946. The largest absolute Gasteiger partial charge is 0.344 e. The molecular formula is C22H23N5O2. The van der Waals surface area contributed by atoms with Gasteiger partial charge in [-0.1, -0.05) is 12.1 Å². The Morgan fingerprint density at radius 1 is 0.966 bits per heavy atom. The van der Waals surface area contributed by atoms with Crippen molar-refractivity contribution in [3.8, 4) is 0 Å². The highest BCUT2D eigenvalue weighted by Crippen LogP contribution is 2.15. The Kier molecular flexibility index (Phi) is 6.65. The fraction of sp³-hybridized carbons (Fsp3) is 0.182. The third kappa shape index (κ3) is 5.70. The van der Waals surface area contributed by atoms with Crippen molar-refractivity contribution in [2.75, 3.05) is 18.9 Å². The number of carbonyl (C=O) groups is 2. The van der Waals surface area contributed by atoms with Crippen LogP contribution in [0.3, 0.4) is 0 Å². The molecule has 7 heteroatoms. The van der Waals surface area contributed by atoms with Gasteiger partial charge in [0, 0.05) is 55.7 Å². The van der Waals surface area contributed by atoms with Crippen molar-refractivity contribution in [1.82, 2.24) is 14.9 Å². The highest BCUT2D eigenvalue weighted by Gasteiger charge is 2.15. The van der Waals surface area contributed by atoms with Crippen LogP contribution in [-0.2, 0) is 11.2 Å². The first-order valence-corrected chi connectivity index (χ1v) is 9.22. The summed E-state index contributed by atoms with van der Waals surface area (Å²) in [4.78, 5) is 34.2. The number of carbonyl (C=O) groups excluding carboxylic acids is 2. The monoisotopic (exact) mass is 389 g/mol. The maximum atomic E-state index is 12.4. The molecule has 0 bridgehead atoms. The molecule has 2 aromatic heterocycles. The lowest BCUT2D eigenvalue weighted by atomic mass is 10.0. The van der Waals surface area contributed by atoms with E-state index in [2.05, 4.69) is 15.3 Å². The Morgan fingerprint density at radius 2 is 1.55 bits per heavy atom. The lowest BCUT2D eigenvalue weighted by Gasteiger charge is -2.22. The minimum absolute atomic E-state index is 0.0139. The first-order chi connectivity index (χ1) is 14.0. The van der Waals surface area contributed by atoms with Gasteiger partial charge in [-0.25, -0.2) is 0 Å². The van der Waals surface area contributed by atoms with E-state index in [4.69, 9.17) is 5.73 Å². The van der Waals surface area contributed by atoms with Crippen molar-refractivity contribution in [2.24, 2.45) is 5.73 Å². The maximum Gasteiger partial charge on any atom is 0.255 e. The molecule has 7 nitrogen and oxygen atoms in total. The zero-order chi connectivity index (χ0) is 20.6. The molecule has 0 radical (unpaired) electrons. The standard InChI is InChI=1S/C22H23N5O2/c1-27(21(28)14-16-6-10-24-11-7-16)15-20(23)17-2-4-18(5-3-17)22(29)26-19-8-12-25-13-9-19/h2-13,20H,14-15,23H2,1H3,(H,25,26,29). The molecule has 3 N–H and O–H groups in total. The SMILES string of the molecule is CN(CC(N)c1ccc(C(=O)Nc2ccncc2)cc1)C(=O)Cc1ccncc1. The minimum atomic E-state index is -0.348. The van der Waals surface area contributed by atoms with E-state index in [0.29, 0.717) is 24.2 Å². The maximum absolute atomic E-state index is 12.4. The van der Waals surface area contributed by atoms with Crippen LogP contribution in [-0.4, -0.2) is 40.3 Å². The third-order valence-electron chi connectivity index (χ3n) is 4.54. The lowest BCUT2D eigenvalue weighted by molar-refractivity contribution is -0.129. The second kappa shape index (κ2) is 9.57. The molecule has 1 unspecified atom stereocenters. The number of nitrogens with zero attached hydrogens (tertiary/aromatic N) is 3. The van der Waals surface area contributed by atoms with Crippen molar-refractivity contribution in [2.45, 2.75) is 12.5 Å². The van der Waals surface area contributed by atoms with E-state index in [0.717, 1.165) is 11.1 Å². The summed E-state index contributed by atoms with van der Waals surface area (Å²) >= 11 is 0. The van der Waals surface area contributed by atoms with Crippen molar-refractivity contribution in [3.63, 3.8) is 0 Å². The summed E-state index contributed by atoms with van der Waals surface area (Å²) in [7, 11) is 1.74. The predicted octanol–water partition coefficient (Wildman–Crippen LogP) is 2.43. The van der Waals surface area contributed by atoms with Gasteiger partial charge in [-0.3, -0.25) is 19.6 Å². The molecule has 0 aliphatic rings. The van der Waals surface area contributed by atoms with Gasteiger partial charge >= 0.3 is 0 Å². The van der Waals surface area contributed by atoms with Crippen molar-refractivity contribution < 1.29 is 9.59 Å². The molecule has 0 saturated heterocycles. The Hall–Kier alpha value is -3.58. The summed E-state index contributed by atoms with van der Waals surface area (Å²) in [6.07, 6.45) is 6.87. The van der Waals surface area contributed by atoms with Crippen molar-refractivity contribution in [1.29, 1.82) is 0 Å². The molecule has 0 fully saturated rings. The summed E-state index contributed by atoms with van der Waals surface area (Å²) in [5.74, 6) is -0.221. The number of anilines is 1. The van der Waals surface area contributed by atoms with Crippen LogP contribution in [0.25, 0.3) is 0 Å². The van der Waals surface area contributed by atoms with E-state index < -0.39 is 0 Å². The molecule has 3 aromatic rings. The summed E-state index contributed by atoms with van der Waals surface area (Å²) < 4.78 is 0. The number of benzene rings is 1. The van der Waals surface area contributed by atoms with E-state index in [1.165, 1.54) is 0 Å². The molecule has 148 valence electrons. The highest BCUT2D eigenvalue weighted by molar-refractivity contribution is 6.04. The van der Waals surface area contributed by atoms with E-state index in [9.17, 15) is 9.59 Å². The van der Waals surface area contributed by atoms with E-state index in [1.807, 2.05) is 24.3 Å². The minimum Gasteiger partial charge on any atom is -0.344 e. The molecule has 29 heavy (non-hydrogen) atoms. The van der Waals surface area contributed by atoms with Crippen LogP contribution in [0.15, 0.2) is 73.3 Å². The number of hydrogen-bond acceptors (Lipinski definition) is 5. The number of rotatable bonds is 7. The fourth-order valence-corrected chi connectivity index (χ4v) is 2.83. The number of amides is 2. The van der Waals surface area contributed by atoms with Crippen LogP contribution in [0.1, 0.15) is 27.5 Å². The average molecular weight is 389 g/mol. The molecular weight excluding hydrogens is 366 g/mol. The number of nitrogens with one attached hydrogen (secondary N) is 1. The van der Waals surface area contributed by atoms with Crippen LogP contribution < -0.4 is 11.1 Å². The van der Waals surface area contributed by atoms with Gasteiger partial charge in [-0.2, -0.15) is 0 Å². The number of aromatic nitrogens is 2. The van der Waals surface area contributed by atoms with Gasteiger partial charge in [0.05, 0.1) is 6.42 Å². The molecule has 0 spiro atoms. The lowest BCUT2D eigenvalue weighted by Crippen LogP contribution is -2.35. The third-order valence-corrected chi connectivity index (χ3v) is 4.54. The van der Waals surface area contributed by atoms with Crippen LogP contribution in [0, 0.1) is 0 Å². The summed E-state index contributed by atoms with van der Waals surface area (Å²) in [5.41, 5.74) is 9.24. The van der Waals surface area contributed by atoms with Crippen LogP contribution in [0.2, 0.25) is 0 Å². The second-order valence-corrected chi connectivity index (χ2v) is 6.73. The summed E-state index contributed by atoms with van der Waals surface area (Å²) in [6, 6.07) is 13.8. The van der Waals surface area contributed by atoms with Gasteiger partial charge in [-0.15, -0.1) is 0 Å². The summed E-state index contributed by atoms with van der Waals surface area (Å²) in [5, 5.41) is 2.81. The van der Waals surface area contributed by atoms with Crippen LogP contribution in [0.4, 0.5) is 5.69 Å². The average Bonchev–Trinajstić information content (AvgIpc) is 2.75. The molecule has 1 atom stereocenters. The second-order valence-electron chi connectivity index (χ2n) is 6.73. The predicted molar refractivity (Wildman–Crippen MR) is 111 cm³/mol. The first kappa shape index (κ1) is 20.2. The van der Waals surface area contributed by atoms with Gasteiger partial charge in [0.25, 0.3) is 5.91 Å². The zero-order valence-electron chi connectivity index (χ0n) is 16.2. The highest BCUT2D eigenvalue weighted by atomic mass is 16.2. The molecule has 3 rings (SSSR count). The molecule has 2 amide bonds. The number of pyridine rings is 2. The Labute approximate surface area is 169 Å². The van der Waals surface area contributed by atoms with Crippen LogP contribution >= 0.6 is 0 Å². The summed E-state index contributed by atoms with van der Waals surface area (Å²) in [6.45, 7) is 0.381. The van der Waals surface area contributed by atoms with Gasteiger partial charge in [-0.05, 0) is 47.5 Å².